The second-order valence-electron chi connectivity index (χ2n) is 16.8. The van der Waals surface area contributed by atoms with Gasteiger partial charge in [-0.25, -0.2) is 38.0 Å². The predicted octanol–water partition coefficient (Wildman–Crippen LogP) is -3.94. The molecule has 0 saturated carbocycles. The fraction of sp³-hybridized carbons (Fsp3) is 0.588. The van der Waals surface area contributed by atoms with Crippen molar-refractivity contribution in [2.45, 2.75) is 73.5 Å². The van der Waals surface area contributed by atoms with Crippen LogP contribution in [-0.4, -0.2) is 168 Å². The third kappa shape index (κ3) is 11.4. The van der Waals surface area contributed by atoms with E-state index in [0.29, 0.717) is 0 Å². The Bertz CT molecular complexity index is 3260. The van der Waals surface area contributed by atoms with Crippen LogP contribution >= 0.6 is 30.9 Å². The van der Waals surface area contributed by atoms with E-state index in [2.05, 4.69) is 29.2 Å². The van der Waals surface area contributed by atoms with Crippen molar-refractivity contribution in [2.75, 3.05) is 52.1 Å². The summed E-state index contributed by atoms with van der Waals surface area (Å²) in [6, 6.07) is 0.931. The molecule has 0 radical (unpaired) electrons. The Morgan fingerprint density at radius 1 is 0.838 bits per heavy atom. The lowest BCUT2D eigenvalue weighted by Crippen LogP contribution is -2.45. The lowest BCUT2D eigenvalue weighted by Gasteiger charge is -2.28. The highest BCUT2D eigenvalue weighted by Crippen LogP contribution is 2.63. The fourth-order valence-corrected chi connectivity index (χ4v) is 14.5. The number of imidazole rings is 2. The molecule has 0 amide bonds. The SMILES string of the molecule is COCC[C@H]1[C@@H](O)[C@H]([n+]2cn(C)c3c(=O)[nH]c(N)nc32)O[C@@H]1COP(=O)(O)NP(=O)(O)OP(=O)(O)OCC1O[C@@H](n2cnc3c(N)ncnc32)[C@H](OC)[C@@H]1P(=O)(O)OC[C@H]1O[C@@H](n2ccc(=O)[nH]c2=O)[C@H](O)[C@@H]1O. The third-order valence-corrected chi connectivity index (χ3v) is 18.6. The van der Waals surface area contributed by atoms with E-state index >= 15 is 0 Å². The number of hydrogen-bond donors (Lipinski definition) is 12. The van der Waals surface area contributed by atoms with Crippen LogP contribution in [0.3, 0.4) is 0 Å². The van der Waals surface area contributed by atoms with Gasteiger partial charge in [0.2, 0.25) is 11.7 Å². The summed E-state index contributed by atoms with van der Waals surface area (Å²) in [5.41, 5.74) is 7.42. The molecule has 5 aromatic rings. The van der Waals surface area contributed by atoms with E-state index in [0.717, 1.165) is 36.6 Å². The number of H-pyrrole nitrogens is 2. The maximum atomic E-state index is 14.3. The standard InChI is InChI=1S/C34H49N13O23P4/c1-44-13-47(28-20(44)29(52)42-33(36)41-28)30-21(49)14(5-7-62-2)15(67-30)8-65-72(56,57)43-73(58,59)70-74(60,61)66-10-17-25(24(63-3)32(69-17)46-12-39-19-26(35)37-11-38-27(19)46)71(54,55)64-9-16-22(50)23(51)31(68-16)45-6-4-18(48)40-34(45)53/h4,6,11-17,21-25,30-32,49-51H,5,7-10H2,1-3H3,(H10-,35,36,37,38,40,41,42,43,48,52,53,54,55,56,57,58,59,60,61)/p+1/t14-,15-,16-,17?,21-,22-,23-,24-,25-,30-,31-,32-/m1/s1. The van der Waals surface area contributed by atoms with E-state index in [1.165, 1.54) is 39.0 Å². The number of fused-ring (bicyclic) bond motifs is 2. The van der Waals surface area contributed by atoms with Gasteiger partial charge in [-0.3, -0.25) is 46.9 Å². The van der Waals surface area contributed by atoms with Crippen molar-refractivity contribution in [3.63, 3.8) is 0 Å². The van der Waals surface area contributed by atoms with Gasteiger partial charge in [0.1, 0.15) is 54.1 Å². The van der Waals surface area contributed by atoms with Crippen LogP contribution in [0.15, 0.2) is 45.6 Å². The molecule has 0 aromatic carbocycles. The monoisotopic (exact) mass is 1130 g/mol. The van der Waals surface area contributed by atoms with Gasteiger partial charge in [0, 0.05) is 39.0 Å². The van der Waals surface area contributed by atoms with Crippen LogP contribution in [0.5, 0.6) is 0 Å². The predicted molar refractivity (Wildman–Crippen MR) is 243 cm³/mol. The topological polar surface area (TPSA) is 510 Å². The van der Waals surface area contributed by atoms with Crippen LogP contribution in [0.1, 0.15) is 25.1 Å². The summed E-state index contributed by atoms with van der Waals surface area (Å²) >= 11 is 0. The first kappa shape index (κ1) is 55.6. The van der Waals surface area contributed by atoms with E-state index in [9.17, 15) is 67.5 Å². The van der Waals surface area contributed by atoms with Crippen molar-refractivity contribution in [2.24, 2.45) is 13.0 Å². The molecule has 74 heavy (non-hydrogen) atoms. The quantitative estimate of drug-likeness (QED) is 0.0246. The van der Waals surface area contributed by atoms with Gasteiger partial charge >= 0.3 is 42.2 Å². The van der Waals surface area contributed by atoms with Gasteiger partial charge in [0.15, 0.2) is 30.2 Å². The zero-order valence-electron chi connectivity index (χ0n) is 38.5. The summed E-state index contributed by atoms with van der Waals surface area (Å²) in [5.74, 6) is -1.25. The van der Waals surface area contributed by atoms with Crippen LogP contribution in [-0.2, 0) is 66.9 Å². The highest BCUT2D eigenvalue weighted by Gasteiger charge is 2.58. The molecule has 8 heterocycles. The maximum Gasteiger partial charge on any atom is 0.480 e. The Labute approximate surface area is 413 Å². The number of nitrogen functional groups attached to an aromatic ring is 2. The number of ether oxygens (including phenoxy) is 5. The zero-order valence-corrected chi connectivity index (χ0v) is 42.1. The van der Waals surface area contributed by atoms with Gasteiger partial charge < -0.3 is 74.6 Å². The molecule has 0 aliphatic carbocycles. The second kappa shape index (κ2) is 21.4. The number of aryl methyl sites for hydroxylation is 1. The number of aromatic nitrogens is 10. The zero-order chi connectivity index (χ0) is 53.8. The number of methoxy groups -OCH3 is 2. The summed E-state index contributed by atoms with van der Waals surface area (Å²) in [7, 11) is -18.7. The van der Waals surface area contributed by atoms with Crippen molar-refractivity contribution in [1.82, 2.24) is 48.5 Å². The molecule has 5 aromatic heterocycles. The molecule has 3 saturated heterocycles. The number of aliphatic hydroxyl groups is 3. The Kier molecular flexibility index (Phi) is 16.1. The third-order valence-electron chi connectivity index (χ3n) is 12.0. The molecular formula is C34H50N13O23P4+. The lowest BCUT2D eigenvalue weighted by molar-refractivity contribution is -0.745. The van der Waals surface area contributed by atoms with Crippen molar-refractivity contribution in [1.29, 1.82) is 0 Å². The van der Waals surface area contributed by atoms with Crippen LogP contribution in [0.2, 0.25) is 0 Å². The average molecular weight is 1130 g/mol. The minimum atomic E-state index is -5.94. The molecule has 408 valence electrons. The molecule has 0 bridgehead atoms. The molecule has 5 unspecified atom stereocenters. The smallest absolute Gasteiger partial charge is 0.387 e. The Morgan fingerprint density at radius 2 is 1.54 bits per heavy atom. The first-order valence-corrected chi connectivity index (χ1v) is 27.8. The van der Waals surface area contributed by atoms with Crippen LogP contribution in [0.4, 0.5) is 11.8 Å². The Hall–Kier alpha value is -4.58. The number of phosphoric acid groups is 1. The summed E-state index contributed by atoms with van der Waals surface area (Å²) in [6.07, 6.45) is -11.2. The van der Waals surface area contributed by atoms with E-state index in [4.69, 9.17) is 48.7 Å². The molecule has 3 aliphatic heterocycles. The highest BCUT2D eigenvalue weighted by molar-refractivity contribution is 7.71. The Morgan fingerprint density at radius 3 is 2.24 bits per heavy atom. The number of anilines is 2. The van der Waals surface area contributed by atoms with E-state index < -0.39 is 141 Å². The summed E-state index contributed by atoms with van der Waals surface area (Å²) in [6.45, 7) is -3.08. The molecule has 3 aliphatic rings. The van der Waals surface area contributed by atoms with Gasteiger partial charge in [-0.2, -0.15) is 4.31 Å². The number of phosphoric ester groups is 1. The van der Waals surface area contributed by atoms with E-state index in [1.807, 2.05) is 4.98 Å². The van der Waals surface area contributed by atoms with Crippen molar-refractivity contribution < 1.29 is 99.3 Å². The Balaban J connectivity index is 0.959. The van der Waals surface area contributed by atoms with Crippen molar-refractivity contribution in [3.8, 4) is 0 Å². The van der Waals surface area contributed by atoms with Crippen molar-refractivity contribution >= 4 is 65.0 Å². The minimum Gasteiger partial charge on any atom is -0.387 e. The van der Waals surface area contributed by atoms with Crippen LogP contribution < -0.4 is 37.7 Å². The number of aromatic amines is 2. The largest absolute Gasteiger partial charge is 0.480 e. The number of aliphatic hydroxyl groups excluding tert-OH is 3. The van der Waals surface area contributed by atoms with Crippen LogP contribution in [0, 0.1) is 5.92 Å². The molecule has 16 atom stereocenters. The molecule has 14 N–H and O–H groups in total. The molecular weight excluding hydrogens is 1080 g/mol. The van der Waals surface area contributed by atoms with Gasteiger partial charge in [-0.1, -0.05) is 4.98 Å². The first-order valence-electron chi connectivity index (χ1n) is 21.5. The summed E-state index contributed by atoms with van der Waals surface area (Å²) in [5, 5.41) is 32.9. The van der Waals surface area contributed by atoms with Gasteiger partial charge in [-0.15, -0.1) is 4.86 Å². The minimum absolute atomic E-state index is 0.00285. The number of nitrogens with one attached hydrogen (secondary N) is 3. The summed E-state index contributed by atoms with van der Waals surface area (Å²) in [4.78, 5) is 102. The molecule has 0 spiro atoms. The van der Waals surface area contributed by atoms with Gasteiger partial charge in [-0.05, 0) is 6.42 Å². The normalized spacial score (nSPS) is 30.6. The van der Waals surface area contributed by atoms with Gasteiger partial charge in [0.25, 0.3) is 17.1 Å². The number of nitrogens with zero attached hydrogens (tertiary/aromatic N) is 8. The summed E-state index contributed by atoms with van der Waals surface area (Å²) < 4.78 is 107. The molecule has 40 heteroatoms. The average Bonchev–Trinajstić information content (AvgIpc) is 4.12. The molecule has 36 nitrogen and oxygen atoms in total. The number of nitrogens with two attached hydrogens (primary N) is 2. The number of hydrogen-bond acceptors (Lipinski definition) is 25. The lowest BCUT2D eigenvalue weighted by atomic mass is 9.95. The van der Waals surface area contributed by atoms with Crippen molar-refractivity contribution in [3.05, 3.63) is 62.4 Å². The highest BCUT2D eigenvalue weighted by atomic mass is 31.3. The second-order valence-corrected chi connectivity index (χ2v) is 23.8. The van der Waals surface area contributed by atoms with Gasteiger partial charge in [0.05, 0.1) is 39.3 Å². The van der Waals surface area contributed by atoms with E-state index in [1.54, 1.807) is 0 Å². The van der Waals surface area contributed by atoms with E-state index in [-0.39, 0.29) is 47.1 Å². The van der Waals surface area contributed by atoms with Crippen LogP contribution in [0.25, 0.3) is 22.3 Å². The fourth-order valence-electron chi connectivity index (χ4n) is 8.74. The molecule has 3 fully saturated rings. The maximum absolute atomic E-state index is 14.3. The number of rotatable bonds is 21. The molecule has 8 rings (SSSR count). The first-order chi connectivity index (χ1) is 34.7.